The van der Waals surface area contributed by atoms with Crippen LogP contribution >= 0.6 is 11.6 Å². The van der Waals surface area contributed by atoms with Gasteiger partial charge in [-0.15, -0.1) is 0 Å². The van der Waals surface area contributed by atoms with Gasteiger partial charge in [0.25, 0.3) is 5.56 Å². The van der Waals surface area contributed by atoms with E-state index in [1.165, 1.54) is 12.4 Å². The molecule has 0 aliphatic rings. The predicted octanol–water partition coefficient (Wildman–Crippen LogP) is 3.29. The van der Waals surface area contributed by atoms with Crippen molar-refractivity contribution in [1.82, 2.24) is 14.9 Å². The van der Waals surface area contributed by atoms with Crippen LogP contribution in [0, 0.1) is 0 Å². The second kappa shape index (κ2) is 10.9. The number of amides is 1. The molecule has 0 saturated heterocycles. The van der Waals surface area contributed by atoms with Crippen LogP contribution in [0.3, 0.4) is 0 Å². The van der Waals surface area contributed by atoms with Gasteiger partial charge in [0.05, 0.1) is 23.7 Å². The van der Waals surface area contributed by atoms with Gasteiger partial charge >= 0.3 is 5.97 Å². The number of alkyl halides is 1. The maximum atomic E-state index is 13.2. The Morgan fingerprint density at radius 2 is 1.94 bits per heavy atom. The lowest BCUT2D eigenvalue weighted by atomic mass is 10.1. The molecule has 0 radical (unpaired) electrons. The largest absolute Gasteiger partial charge is 0.481 e. The van der Waals surface area contributed by atoms with E-state index in [4.69, 9.17) is 21.4 Å². The molecule has 2 aromatic carbocycles. The van der Waals surface area contributed by atoms with Gasteiger partial charge in [0, 0.05) is 5.02 Å². The van der Waals surface area contributed by atoms with Gasteiger partial charge in [0.15, 0.2) is 5.78 Å². The molecule has 2 N–H and O–H groups in total. The fraction of sp³-hybridized carbons (Fsp3) is 0.261. The molecule has 11 heteroatoms. The highest BCUT2D eigenvalue weighted by Crippen LogP contribution is 2.26. The second-order valence-electron chi connectivity index (χ2n) is 7.38. The summed E-state index contributed by atoms with van der Waals surface area (Å²) in [6.07, 6.45) is 0.542. The molecule has 1 aromatic heterocycles. The number of aliphatic carboxylic acids is 1. The molecule has 3 aromatic rings. The zero-order valence-electron chi connectivity index (χ0n) is 18.0. The van der Waals surface area contributed by atoms with E-state index in [9.17, 15) is 23.6 Å². The van der Waals surface area contributed by atoms with Gasteiger partial charge in [-0.2, -0.15) is 0 Å². The van der Waals surface area contributed by atoms with Crippen molar-refractivity contribution in [3.63, 3.8) is 0 Å². The molecule has 0 spiro atoms. The average Bonchev–Trinajstić information content (AvgIpc) is 2.80. The normalized spacial score (nSPS) is 12.7. The van der Waals surface area contributed by atoms with Crippen molar-refractivity contribution in [3.05, 3.63) is 64.2 Å². The van der Waals surface area contributed by atoms with Crippen LogP contribution in [-0.2, 0) is 14.4 Å². The third-order valence-corrected chi connectivity index (χ3v) is 5.26. The third-order valence-electron chi connectivity index (χ3n) is 5.03. The standard InChI is InChI=1S/C23H21ClFN3O6/c1-2-19(22(32)27-18(10-21(30)31)20(29)11-25)28-12-26-17-7-6-15(9-16(17)23(28)33)34-14-5-3-4-13(24)8-14/h3-9,12,18-19H,2,10-11H2,1H3,(H,27,32)(H,30,31). The number of carboxylic acid groups (broad SMARTS) is 1. The Labute approximate surface area is 198 Å². The van der Waals surface area contributed by atoms with E-state index in [-0.39, 0.29) is 11.8 Å². The van der Waals surface area contributed by atoms with Crippen LogP contribution in [0.1, 0.15) is 25.8 Å². The highest BCUT2D eigenvalue weighted by molar-refractivity contribution is 6.30. The quantitative estimate of drug-likeness (QED) is 0.447. The summed E-state index contributed by atoms with van der Waals surface area (Å²) in [5.74, 6) is -2.44. The lowest BCUT2D eigenvalue weighted by Gasteiger charge is -2.21. The van der Waals surface area contributed by atoms with Crippen molar-refractivity contribution in [2.45, 2.75) is 31.8 Å². The Morgan fingerprint density at radius 3 is 2.59 bits per heavy atom. The Morgan fingerprint density at radius 1 is 1.21 bits per heavy atom. The summed E-state index contributed by atoms with van der Waals surface area (Å²) in [6.45, 7) is 0.199. The average molecular weight is 490 g/mol. The van der Waals surface area contributed by atoms with Crippen molar-refractivity contribution in [2.75, 3.05) is 6.67 Å². The Balaban J connectivity index is 1.92. The SMILES string of the molecule is CCC(C(=O)NC(CC(=O)O)C(=O)CF)n1cnc2ccc(Oc3cccc(Cl)c3)cc2c1=O. The fourth-order valence-corrected chi connectivity index (χ4v) is 3.54. The number of fused-ring (bicyclic) bond motifs is 1. The monoisotopic (exact) mass is 489 g/mol. The zero-order chi connectivity index (χ0) is 24.8. The molecule has 34 heavy (non-hydrogen) atoms. The molecule has 0 bridgehead atoms. The molecule has 1 heterocycles. The van der Waals surface area contributed by atoms with E-state index in [2.05, 4.69) is 10.3 Å². The number of hydrogen-bond donors (Lipinski definition) is 2. The Kier molecular flexibility index (Phi) is 7.95. The van der Waals surface area contributed by atoms with E-state index >= 15 is 0 Å². The van der Waals surface area contributed by atoms with Gasteiger partial charge in [-0.1, -0.05) is 24.6 Å². The highest BCUT2D eigenvalue weighted by atomic mass is 35.5. The molecule has 9 nitrogen and oxygen atoms in total. The summed E-state index contributed by atoms with van der Waals surface area (Å²) >= 11 is 5.97. The van der Waals surface area contributed by atoms with Crippen molar-refractivity contribution in [3.8, 4) is 11.5 Å². The minimum Gasteiger partial charge on any atom is -0.481 e. The summed E-state index contributed by atoms with van der Waals surface area (Å²) < 4.78 is 19.7. The van der Waals surface area contributed by atoms with Gasteiger partial charge in [-0.25, -0.2) is 9.37 Å². The number of ether oxygens (including phenoxy) is 1. The minimum atomic E-state index is -1.55. The maximum absolute atomic E-state index is 13.2. The minimum absolute atomic E-state index is 0.126. The van der Waals surface area contributed by atoms with E-state index in [0.717, 1.165) is 4.57 Å². The second-order valence-corrected chi connectivity index (χ2v) is 7.81. The van der Waals surface area contributed by atoms with Crippen LogP contribution in [0.15, 0.2) is 53.6 Å². The first-order chi connectivity index (χ1) is 16.2. The summed E-state index contributed by atoms with van der Waals surface area (Å²) in [5.41, 5.74) is -0.179. The van der Waals surface area contributed by atoms with E-state index in [1.54, 1.807) is 43.3 Å². The summed E-state index contributed by atoms with van der Waals surface area (Å²) in [6, 6.07) is 8.74. The van der Waals surface area contributed by atoms with Gasteiger partial charge < -0.3 is 15.2 Å². The van der Waals surface area contributed by atoms with Crippen molar-refractivity contribution < 1.29 is 28.6 Å². The molecule has 178 valence electrons. The number of Topliss-reactive ketones (excluding diaryl/α,β-unsaturated/α-hetero) is 1. The summed E-state index contributed by atoms with van der Waals surface area (Å²) in [7, 11) is 0. The van der Waals surface area contributed by atoms with Crippen molar-refractivity contribution >= 4 is 40.2 Å². The van der Waals surface area contributed by atoms with Gasteiger partial charge in [0.1, 0.15) is 30.3 Å². The molecule has 0 aliphatic heterocycles. The molecular weight excluding hydrogens is 469 g/mol. The van der Waals surface area contributed by atoms with Crippen LogP contribution in [-0.4, -0.2) is 45.0 Å². The molecule has 1 amide bonds. The van der Waals surface area contributed by atoms with Crippen molar-refractivity contribution in [2.24, 2.45) is 0 Å². The Bertz CT molecular complexity index is 1300. The molecule has 2 atom stereocenters. The molecule has 3 rings (SSSR count). The van der Waals surface area contributed by atoms with Crippen molar-refractivity contribution in [1.29, 1.82) is 0 Å². The predicted molar refractivity (Wildman–Crippen MR) is 122 cm³/mol. The van der Waals surface area contributed by atoms with E-state index < -0.39 is 48.4 Å². The van der Waals surface area contributed by atoms with Crippen LogP contribution in [0.25, 0.3) is 10.9 Å². The number of ketones is 1. The number of rotatable bonds is 10. The number of nitrogens with one attached hydrogen (secondary N) is 1. The lowest BCUT2D eigenvalue weighted by molar-refractivity contribution is -0.140. The third kappa shape index (κ3) is 5.76. The number of carbonyl (C=O) groups excluding carboxylic acids is 2. The number of carboxylic acids is 1. The van der Waals surface area contributed by atoms with Gasteiger partial charge in [0.2, 0.25) is 5.91 Å². The van der Waals surface area contributed by atoms with Crippen LogP contribution in [0.4, 0.5) is 4.39 Å². The maximum Gasteiger partial charge on any atom is 0.305 e. The first kappa shape index (κ1) is 24.8. The summed E-state index contributed by atoms with van der Waals surface area (Å²) in [5, 5.41) is 11.8. The van der Waals surface area contributed by atoms with Crippen LogP contribution in [0.5, 0.6) is 11.5 Å². The number of halogens is 2. The van der Waals surface area contributed by atoms with Gasteiger partial charge in [-0.3, -0.25) is 23.7 Å². The first-order valence-electron chi connectivity index (χ1n) is 10.3. The number of aromatic nitrogens is 2. The Hall–Kier alpha value is -3.79. The van der Waals surface area contributed by atoms with Crippen LogP contribution in [0.2, 0.25) is 5.02 Å². The number of hydrogen-bond acceptors (Lipinski definition) is 6. The zero-order valence-corrected chi connectivity index (χ0v) is 18.8. The molecule has 0 aliphatic carbocycles. The van der Waals surface area contributed by atoms with E-state index in [1.807, 2.05) is 0 Å². The van der Waals surface area contributed by atoms with Crippen LogP contribution < -0.4 is 15.6 Å². The number of benzene rings is 2. The topological polar surface area (TPSA) is 128 Å². The molecule has 0 fully saturated rings. The molecular formula is C23H21ClFN3O6. The smallest absolute Gasteiger partial charge is 0.305 e. The summed E-state index contributed by atoms with van der Waals surface area (Å²) in [4.78, 5) is 52.9. The number of nitrogens with zero attached hydrogens (tertiary/aromatic N) is 2. The van der Waals surface area contributed by atoms with E-state index in [0.29, 0.717) is 22.0 Å². The molecule has 2 unspecified atom stereocenters. The first-order valence-corrected chi connectivity index (χ1v) is 10.7. The van der Waals surface area contributed by atoms with Gasteiger partial charge in [-0.05, 0) is 42.8 Å². The fourth-order valence-electron chi connectivity index (χ4n) is 3.36. The number of carbonyl (C=O) groups is 3. The lowest BCUT2D eigenvalue weighted by Crippen LogP contribution is -2.47. The highest BCUT2D eigenvalue weighted by Gasteiger charge is 2.28. The molecule has 0 saturated carbocycles.